The molecule has 22 heavy (non-hydrogen) atoms. The van der Waals surface area contributed by atoms with E-state index < -0.39 is 0 Å². The fourth-order valence-corrected chi connectivity index (χ4v) is 3.74. The quantitative estimate of drug-likeness (QED) is 0.928. The van der Waals surface area contributed by atoms with E-state index in [0.29, 0.717) is 0 Å². The average molecular weight is 288 g/mol. The normalized spacial score (nSPS) is 23.0. The number of carbonyl (C=O) groups is 1. The first kappa shape index (κ1) is 12.2. The molecule has 2 fully saturated rings. The Bertz CT molecular complexity index is 820. The van der Waals surface area contributed by atoms with Crippen molar-refractivity contribution in [1.29, 1.82) is 0 Å². The summed E-state index contributed by atoms with van der Waals surface area (Å²) in [5, 5.41) is 3.27. The van der Waals surface area contributed by atoms with Crippen molar-refractivity contribution in [3.8, 4) is 0 Å². The van der Waals surface area contributed by atoms with Gasteiger partial charge in [-0.05, 0) is 72.3 Å². The van der Waals surface area contributed by atoms with Crippen LogP contribution in [0.4, 0.5) is 0 Å². The van der Waals surface area contributed by atoms with Gasteiger partial charge in [-0.25, -0.2) is 0 Å². The van der Waals surface area contributed by atoms with Crippen LogP contribution in [0, 0.1) is 0 Å². The third kappa shape index (κ3) is 1.56. The number of nitrogens with one attached hydrogen (secondary N) is 1. The number of hydrogen-bond acceptors (Lipinski definition) is 2. The highest BCUT2D eigenvalue weighted by Crippen LogP contribution is 2.51. The van der Waals surface area contributed by atoms with E-state index in [-0.39, 0.29) is 11.4 Å². The van der Waals surface area contributed by atoms with Crippen LogP contribution < -0.4 is 5.32 Å². The van der Waals surface area contributed by atoms with E-state index >= 15 is 0 Å². The Kier molecular flexibility index (Phi) is 2.25. The van der Waals surface area contributed by atoms with Crippen LogP contribution in [0.1, 0.15) is 31.4 Å². The van der Waals surface area contributed by atoms with Gasteiger partial charge in [0.25, 0.3) is 5.91 Å². The van der Waals surface area contributed by atoms with Crippen LogP contribution in [0.2, 0.25) is 0 Å². The van der Waals surface area contributed by atoms with E-state index in [0.717, 1.165) is 42.5 Å². The van der Waals surface area contributed by atoms with Gasteiger partial charge in [-0.1, -0.05) is 12.1 Å². The van der Waals surface area contributed by atoms with Crippen molar-refractivity contribution in [2.24, 2.45) is 0 Å². The molecule has 0 aliphatic heterocycles. The summed E-state index contributed by atoms with van der Waals surface area (Å²) in [4.78, 5) is 17.3. The molecule has 5 rings (SSSR count). The van der Waals surface area contributed by atoms with Gasteiger partial charge in [0.2, 0.25) is 0 Å². The zero-order chi connectivity index (χ0) is 14.7. The molecule has 108 valence electrons. The Morgan fingerprint density at radius 2 is 2.09 bits per heavy atom. The number of aromatic nitrogens is 1. The standard InChI is InChI=1S/C19H16N2O/c22-18(14-6-5-13-15-10-12(15)11-16(13)14)21-19(7-3-8-19)17-4-1-2-9-20-17/h1-2,4-6,9,11H,3,7-8,10H2,(H,21,22). The first-order chi connectivity index (χ1) is 10.8. The summed E-state index contributed by atoms with van der Waals surface area (Å²) in [6, 6.07) is 5.92. The second kappa shape index (κ2) is 4.07. The minimum atomic E-state index is -0.274. The molecule has 0 saturated heterocycles. The Hall–Kier alpha value is -2.42. The molecule has 1 heterocycles. The van der Waals surface area contributed by atoms with Gasteiger partial charge in [0.05, 0.1) is 11.2 Å². The van der Waals surface area contributed by atoms with Crippen LogP contribution in [-0.4, -0.2) is 10.9 Å². The Morgan fingerprint density at radius 3 is 2.82 bits per heavy atom. The summed E-state index contributed by atoms with van der Waals surface area (Å²) in [6.07, 6.45) is 12.2. The summed E-state index contributed by atoms with van der Waals surface area (Å²) in [5.74, 6) is 0.0327. The zero-order valence-electron chi connectivity index (χ0n) is 12.2. The summed E-state index contributed by atoms with van der Waals surface area (Å²) in [5.41, 5.74) is 6.73. The first-order valence-corrected chi connectivity index (χ1v) is 7.88. The van der Waals surface area contributed by atoms with Crippen molar-refractivity contribution in [1.82, 2.24) is 10.3 Å². The number of hydrogen-bond donors (Lipinski definition) is 1. The largest absolute Gasteiger partial charge is 0.341 e. The molecule has 0 radical (unpaired) electrons. The van der Waals surface area contributed by atoms with Crippen molar-refractivity contribution in [2.45, 2.75) is 31.2 Å². The first-order valence-electron chi connectivity index (χ1n) is 7.88. The predicted octanol–water partition coefficient (Wildman–Crippen LogP) is 3.08. The zero-order valence-corrected chi connectivity index (χ0v) is 12.2. The number of carbonyl (C=O) groups excluding carboxylic acids is 1. The van der Waals surface area contributed by atoms with Gasteiger partial charge < -0.3 is 5.32 Å². The third-order valence-electron chi connectivity index (χ3n) is 5.23. The molecule has 0 atom stereocenters. The molecular formula is C19H16N2O. The Balaban J connectivity index is 1.46. The molecule has 2 saturated carbocycles. The van der Waals surface area contributed by atoms with E-state index in [1.807, 2.05) is 24.3 Å². The number of rotatable bonds is 3. The lowest BCUT2D eigenvalue weighted by molar-refractivity contribution is -0.120. The smallest absolute Gasteiger partial charge is 0.252 e. The van der Waals surface area contributed by atoms with Crippen LogP contribution in [0.3, 0.4) is 0 Å². The topological polar surface area (TPSA) is 42.0 Å². The molecule has 0 spiro atoms. The van der Waals surface area contributed by atoms with Crippen LogP contribution in [0.15, 0.2) is 70.5 Å². The SMILES string of the molecule is O=C(NC1(c2ccccn2)CCC1)C1=C2C=C3CC3=C2C=C1. The summed E-state index contributed by atoms with van der Waals surface area (Å²) in [7, 11) is 0. The highest BCUT2D eigenvalue weighted by Gasteiger charge is 2.43. The van der Waals surface area contributed by atoms with Crippen molar-refractivity contribution < 1.29 is 4.79 Å². The lowest BCUT2D eigenvalue weighted by atomic mass is 9.74. The Labute approximate surface area is 129 Å². The monoisotopic (exact) mass is 288 g/mol. The van der Waals surface area contributed by atoms with Crippen molar-refractivity contribution in [2.75, 3.05) is 0 Å². The van der Waals surface area contributed by atoms with Crippen molar-refractivity contribution >= 4 is 5.91 Å². The molecule has 0 bridgehead atoms. The number of allylic oxidation sites excluding steroid dienone is 6. The van der Waals surface area contributed by atoms with E-state index in [1.165, 1.54) is 16.7 Å². The molecule has 1 N–H and O–H groups in total. The molecule has 1 aromatic rings. The molecule has 1 aromatic heterocycles. The van der Waals surface area contributed by atoms with Gasteiger partial charge in [0, 0.05) is 11.8 Å². The molecule has 1 amide bonds. The van der Waals surface area contributed by atoms with Crippen LogP contribution >= 0.6 is 0 Å². The van der Waals surface area contributed by atoms with E-state index in [4.69, 9.17) is 0 Å². The van der Waals surface area contributed by atoms with E-state index in [1.54, 1.807) is 6.20 Å². The number of amides is 1. The van der Waals surface area contributed by atoms with Crippen LogP contribution in [0.25, 0.3) is 0 Å². The summed E-state index contributed by atoms with van der Waals surface area (Å²) in [6.45, 7) is 0. The predicted molar refractivity (Wildman–Crippen MR) is 83.8 cm³/mol. The van der Waals surface area contributed by atoms with Crippen molar-refractivity contribution in [3.05, 3.63) is 76.2 Å². The lowest BCUT2D eigenvalue weighted by Gasteiger charge is -2.42. The van der Waals surface area contributed by atoms with Crippen LogP contribution in [-0.2, 0) is 10.3 Å². The van der Waals surface area contributed by atoms with Gasteiger partial charge in [0.1, 0.15) is 0 Å². The Morgan fingerprint density at radius 1 is 1.18 bits per heavy atom. The van der Waals surface area contributed by atoms with Crippen molar-refractivity contribution in [3.63, 3.8) is 0 Å². The fraction of sp³-hybridized carbons (Fsp3) is 0.263. The van der Waals surface area contributed by atoms with Crippen LogP contribution in [0.5, 0.6) is 0 Å². The second-order valence-corrected chi connectivity index (χ2v) is 6.50. The average Bonchev–Trinajstić information content (AvgIpc) is 2.99. The minimum absolute atomic E-state index is 0.0327. The highest BCUT2D eigenvalue weighted by molar-refractivity contribution is 6.02. The molecule has 3 heteroatoms. The third-order valence-corrected chi connectivity index (χ3v) is 5.23. The summed E-state index contributed by atoms with van der Waals surface area (Å²) < 4.78 is 0. The lowest BCUT2D eigenvalue weighted by Crippen LogP contribution is -2.51. The molecule has 4 aliphatic carbocycles. The minimum Gasteiger partial charge on any atom is -0.341 e. The second-order valence-electron chi connectivity index (χ2n) is 6.50. The van der Waals surface area contributed by atoms with Gasteiger partial charge >= 0.3 is 0 Å². The molecular weight excluding hydrogens is 272 g/mol. The van der Waals surface area contributed by atoms with Gasteiger partial charge in [0.15, 0.2) is 0 Å². The molecule has 0 aromatic carbocycles. The maximum Gasteiger partial charge on any atom is 0.252 e. The number of nitrogens with zero attached hydrogens (tertiary/aromatic N) is 1. The maximum atomic E-state index is 12.8. The number of fused-ring (bicyclic) bond motifs is 2. The fourth-order valence-electron chi connectivity index (χ4n) is 3.74. The molecule has 3 nitrogen and oxygen atoms in total. The van der Waals surface area contributed by atoms with E-state index in [2.05, 4.69) is 22.5 Å². The van der Waals surface area contributed by atoms with Gasteiger partial charge in [-0.3, -0.25) is 9.78 Å². The van der Waals surface area contributed by atoms with E-state index in [9.17, 15) is 4.79 Å². The summed E-state index contributed by atoms with van der Waals surface area (Å²) >= 11 is 0. The number of pyridine rings is 1. The molecule has 0 unspecified atom stereocenters. The van der Waals surface area contributed by atoms with Gasteiger partial charge in [-0.2, -0.15) is 0 Å². The van der Waals surface area contributed by atoms with Gasteiger partial charge in [-0.15, -0.1) is 0 Å². The maximum absolute atomic E-state index is 12.8. The highest BCUT2D eigenvalue weighted by atomic mass is 16.1. The molecule has 4 aliphatic rings.